The summed E-state index contributed by atoms with van der Waals surface area (Å²) in [5, 5.41) is 13.4. The van der Waals surface area contributed by atoms with Gasteiger partial charge >= 0.3 is 0 Å². The second-order valence-electron chi connectivity index (χ2n) is 3.86. The maximum Gasteiger partial charge on any atom is 0.101 e. The van der Waals surface area contributed by atoms with E-state index in [2.05, 4.69) is 16.4 Å². The van der Waals surface area contributed by atoms with Crippen molar-refractivity contribution in [2.75, 3.05) is 5.32 Å². The Morgan fingerprint density at radius 1 is 1.41 bits per heavy atom. The highest BCUT2D eigenvalue weighted by Crippen LogP contribution is 2.19. The highest BCUT2D eigenvalue weighted by molar-refractivity contribution is 7.11. The summed E-state index contributed by atoms with van der Waals surface area (Å²) in [4.78, 5) is 5.38. The molecule has 17 heavy (non-hydrogen) atoms. The molecule has 2 rings (SSSR count). The smallest absolute Gasteiger partial charge is 0.101 e. The Morgan fingerprint density at radius 3 is 2.88 bits per heavy atom. The maximum absolute atomic E-state index is 9.01. The van der Waals surface area contributed by atoms with Crippen LogP contribution < -0.4 is 5.32 Å². The van der Waals surface area contributed by atoms with Crippen LogP contribution in [0.25, 0.3) is 0 Å². The molecule has 0 amide bonds. The van der Waals surface area contributed by atoms with Gasteiger partial charge in [0.15, 0.2) is 0 Å². The van der Waals surface area contributed by atoms with Gasteiger partial charge in [-0.1, -0.05) is 6.07 Å². The van der Waals surface area contributed by atoms with E-state index in [1.54, 1.807) is 11.3 Å². The van der Waals surface area contributed by atoms with E-state index in [4.69, 9.17) is 5.26 Å². The first-order valence-corrected chi connectivity index (χ1v) is 6.16. The third kappa shape index (κ3) is 2.83. The fourth-order valence-electron chi connectivity index (χ4n) is 1.57. The Bertz CT molecular complexity index is 566. The molecule has 0 aliphatic carbocycles. The van der Waals surface area contributed by atoms with Gasteiger partial charge in [-0.3, -0.25) is 0 Å². The van der Waals surface area contributed by atoms with Gasteiger partial charge in [-0.05, 0) is 31.5 Å². The molecule has 1 N–H and O–H groups in total. The van der Waals surface area contributed by atoms with Gasteiger partial charge in [0, 0.05) is 11.1 Å². The molecule has 4 heteroatoms. The Hall–Kier alpha value is -1.86. The molecule has 86 valence electrons. The number of aromatic nitrogens is 1. The van der Waals surface area contributed by atoms with Crippen LogP contribution in [0, 0.1) is 25.2 Å². The number of aryl methyl sites for hydroxylation is 2. The molecule has 1 heterocycles. The lowest BCUT2D eigenvalue weighted by Crippen LogP contribution is -2.00. The van der Waals surface area contributed by atoms with Crippen molar-refractivity contribution in [3.63, 3.8) is 0 Å². The van der Waals surface area contributed by atoms with E-state index >= 15 is 0 Å². The first kappa shape index (κ1) is 11.6. The van der Waals surface area contributed by atoms with Crippen molar-refractivity contribution in [1.82, 2.24) is 4.98 Å². The van der Waals surface area contributed by atoms with Crippen LogP contribution in [-0.2, 0) is 6.54 Å². The van der Waals surface area contributed by atoms with E-state index < -0.39 is 0 Å². The number of nitrogens with zero attached hydrogens (tertiary/aromatic N) is 2. The number of nitriles is 1. The van der Waals surface area contributed by atoms with Crippen LogP contribution in [-0.4, -0.2) is 4.98 Å². The van der Waals surface area contributed by atoms with E-state index in [1.807, 2.05) is 38.2 Å². The van der Waals surface area contributed by atoms with E-state index in [9.17, 15) is 0 Å². The summed E-state index contributed by atoms with van der Waals surface area (Å²) in [5.41, 5.74) is 2.71. The average Bonchev–Trinajstić information content (AvgIpc) is 2.73. The van der Waals surface area contributed by atoms with Crippen LogP contribution in [0.5, 0.6) is 0 Å². The predicted molar refractivity (Wildman–Crippen MR) is 70.1 cm³/mol. The largest absolute Gasteiger partial charge is 0.379 e. The molecular formula is C13H13N3S. The van der Waals surface area contributed by atoms with Gasteiger partial charge < -0.3 is 5.32 Å². The lowest BCUT2D eigenvalue weighted by atomic mass is 10.1. The molecule has 0 radical (unpaired) electrons. The van der Waals surface area contributed by atoms with Crippen molar-refractivity contribution in [3.05, 3.63) is 45.4 Å². The van der Waals surface area contributed by atoms with Crippen molar-refractivity contribution < 1.29 is 0 Å². The molecule has 0 aliphatic heterocycles. The Morgan fingerprint density at radius 2 is 2.24 bits per heavy atom. The fourth-order valence-corrected chi connectivity index (χ4v) is 2.31. The second-order valence-corrected chi connectivity index (χ2v) is 5.18. The molecule has 0 fully saturated rings. The molecule has 0 bridgehead atoms. The number of hydrogen-bond donors (Lipinski definition) is 1. The number of rotatable bonds is 3. The molecule has 1 aromatic carbocycles. The summed E-state index contributed by atoms with van der Waals surface area (Å²) in [5.74, 6) is 0. The number of benzene rings is 1. The van der Waals surface area contributed by atoms with Crippen molar-refractivity contribution >= 4 is 17.0 Å². The molecule has 1 aromatic heterocycles. The highest BCUT2D eigenvalue weighted by atomic mass is 32.1. The monoisotopic (exact) mass is 243 g/mol. The molecule has 2 aromatic rings. The molecular weight excluding hydrogens is 230 g/mol. The topological polar surface area (TPSA) is 48.7 Å². The number of thiazole rings is 1. The van der Waals surface area contributed by atoms with E-state index in [0.29, 0.717) is 12.1 Å². The van der Waals surface area contributed by atoms with Crippen molar-refractivity contribution in [3.8, 4) is 6.07 Å². The number of hydrogen-bond acceptors (Lipinski definition) is 4. The SMILES string of the molecule is Cc1ccc(C#N)c(NCc2cnc(C)s2)c1. The van der Waals surface area contributed by atoms with Gasteiger partial charge in [-0.15, -0.1) is 11.3 Å². The summed E-state index contributed by atoms with van der Waals surface area (Å²) in [6, 6.07) is 7.97. The van der Waals surface area contributed by atoms with Crippen molar-refractivity contribution in [1.29, 1.82) is 5.26 Å². The lowest BCUT2D eigenvalue weighted by molar-refractivity contribution is 1.16. The molecule has 0 aliphatic rings. The minimum atomic E-state index is 0.678. The van der Waals surface area contributed by atoms with Crippen molar-refractivity contribution in [2.45, 2.75) is 20.4 Å². The predicted octanol–water partition coefficient (Wildman–Crippen LogP) is 3.24. The van der Waals surface area contributed by atoms with Gasteiger partial charge in [-0.2, -0.15) is 5.26 Å². The second kappa shape index (κ2) is 4.98. The first-order valence-electron chi connectivity index (χ1n) is 5.35. The van der Waals surface area contributed by atoms with E-state index in [-0.39, 0.29) is 0 Å². The van der Waals surface area contributed by atoms with Gasteiger partial charge in [0.25, 0.3) is 0 Å². The number of nitrogens with one attached hydrogen (secondary N) is 1. The first-order chi connectivity index (χ1) is 8.19. The Labute approximate surface area is 105 Å². The fraction of sp³-hybridized carbons (Fsp3) is 0.231. The lowest BCUT2D eigenvalue weighted by Gasteiger charge is -2.07. The Kier molecular flexibility index (Phi) is 3.40. The highest BCUT2D eigenvalue weighted by Gasteiger charge is 2.03. The van der Waals surface area contributed by atoms with Crippen LogP contribution in [0.4, 0.5) is 5.69 Å². The third-order valence-electron chi connectivity index (χ3n) is 2.42. The minimum absolute atomic E-state index is 0.678. The summed E-state index contributed by atoms with van der Waals surface area (Å²) < 4.78 is 0. The standard InChI is InChI=1S/C13H13N3S/c1-9-3-4-11(6-14)13(5-9)16-8-12-7-15-10(2)17-12/h3-5,7,16H,8H2,1-2H3. The maximum atomic E-state index is 9.01. The molecule has 0 spiro atoms. The van der Waals surface area contributed by atoms with Crippen LogP contribution in [0.3, 0.4) is 0 Å². The average molecular weight is 243 g/mol. The van der Waals surface area contributed by atoms with Gasteiger partial charge in [-0.25, -0.2) is 4.98 Å². The molecule has 0 saturated carbocycles. The molecule has 0 unspecified atom stereocenters. The van der Waals surface area contributed by atoms with Crippen LogP contribution >= 0.6 is 11.3 Å². The van der Waals surface area contributed by atoms with Crippen LogP contribution in [0.15, 0.2) is 24.4 Å². The van der Waals surface area contributed by atoms with Gasteiger partial charge in [0.2, 0.25) is 0 Å². The van der Waals surface area contributed by atoms with E-state index in [0.717, 1.165) is 16.3 Å². The van der Waals surface area contributed by atoms with Gasteiger partial charge in [0.05, 0.1) is 22.8 Å². The molecule has 0 saturated heterocycles. The van der Waals surface area contributed by atoms with Crippen molar-refractivity contribution in [2.24, 2.45) is 0 Å². The summed E-state index contributed by atoms with van der Waals surface area (Å²) in [7, 11) is 0. The van der Waals surface area contributed by atoms with Crippen LogP contribution in [0.2, 0.25) is 0 Å². The third-order valence-corrected chi connectivity index (χ3v) is 3.33. The van der Waals surface area contributed by atoms with Crippen LogP contribution in [0.1, 0.15) is 21.0 Å². The summed E-state index contributed by atoms with van der Waals surface area (Å²) >= 11 is 1.67. The molecule has 3 nitrogen and oxygen atoms in total. The zero-order valence-electron chi connectivity index (χ0n) is 9.82. The normalized spacial score (nSPS) is 9.94. The van der Waals surface area contributed by atoms with E-state index in [1.165, 1.54) is 4.88 Å². The zero-order chi connectivity index (χ0) is 12.3. The summed E-state index contributed by atoms with van der Waals surface area (Å²) in [6.45, 7) is 4.72. The zero-order valence-corrected chi connectivity index (χ0v) is 10.6. The molecule has 0 atom stereocenters. The summed E-state index contributed by atoms with van der Waals surface area (Å²) in [6.07, 6.45) is 1.87. The van der Waals surface area contributed by atoms with Gasteiger partial charge in [0.1, 0.15) is 6.07 Å². The number of anilines is 1. The minimum Gasteiger partial charge on any atom is -0.379 e. The Balaban J connectivity index is 2.13. The quantitative estimate of drug-likeness (QED) is 0.900.